The number of amides is 1. The number of piperidine rings is 1. The molecular formula is C27H27ClN2O2S. The van der Waals surface area contributed by atoms with Gasteiger partial charge in [-0.2, -0.15) is 0 Å². The van der Waals surface area contributed by atoms with Crippen LogP contribution in [0, 0.1) is 6.92 Å². The Morgan fingerprint density at radius 1 is 1.09 bits per heavy atom. The number of ether oxygens (including phenoxy) is 1. The molecule has 2 saturated heterocycles. The molecule has 1 amide bonds. The molecule has 0 N–H and O–H groups in total. The number of rotatable bonds is 6. The van der Waals surface area contributed by atoms with Gasteiger partial charge in [0.05, 0.1) is 10.0 Å². The number of pyridine rings is 1. The summed E-state index contributed by atoms with van der Waals surface area (Å²) >= 11 is 8.04. The van der Waals surface area contributed by atoms with Crippen molar-refractivity contribution in [3.63, 3.8) is 0 Å². The minimum Gasteiger partial charge on any atom is -0.489 e. The van der Waals surface area contributed by atoms with Crippen molar-refractivity contribution in [1.82, 2.24) is 9.88 Å². The number of halogens is 1. The lowest BCUT2D eigenvalue weighted by Crippen LogP contribution is -2.49. The Morgan fingerprint density at radius 2 is 1.85 bits per heavy atom. The Bertz CT molecular complexity index is 1110. The molecule has 5 rings (SSSR count). The molecule has 2 fully saturated rings. The van der Waals surface area contributed by atoms with Crippen LogP contribution in [0.4, 0.5) is 0 Å². The average molecular weight is 479 g/mol. The lowest BCUT2D eigenvalue weighted by molar-refractivity contribution is 0.0359. The van der Waals surface area contributed by atoms with E-state index in [0.717, 1.165) is 53.3 Å². The average Bonchev–Trinajstić information content (AvgIpc) is 3.10. The molecule has 4 nitrogen and oxygen atoms in total. The number of hydrogen-bond acceptors (Lipinski definition) is 4. The summed E-state index contributed by atoms with van der Waals surface area (Å²) in [6, 6.07) is 20.3. The Labute approximate surface area is 204 Å². The third-order valence-electron chi connectivity index (χ3n) is 6.53. The summed E-state index contributed by atoms with van der Waals surface area (Å²) in [5.74, 6) is 1.72. The minimum absolute atomic E-state index is 0.0943. The van der Waals surface area contributed by atoms with Gasteiger partial charge in [0.1, 0.15) is 11.9 Å². The van der Waals surface area contributed by atoms with E-state index in [1.54, 1.807) is 11.8 Å². The van der Waals surface area contributed by atoms with Crippen molar-refractivity contribution < 1.29 is 9.53 Å². The summed E-state index contributed by atoms with van der Waals surface area (Å²) in [6.07, 6.45) is 5.68. The molecule has 0 aliphatic carbocycles. The molecule has 2 aromatic carbocycles. The molecule has 3 heterocycles. The highest BCUT2D eigenvalue weighted by Crippen LogP contribution is 2.39. The smallest absolute Gasteiger partial charge is 0.254 e. The van der Waals surface area contributed by atoms with Crippen molar-refractivity contribution in [2.24, 2.45) is 0 Å². The van der Waals surface area contributed by atoms with Gasteiger partial charge in [-0.3, -0.25) is 4.79 Å². The third-order valence-corrected chi connectivity index (χ3v) is 7.86. The molecule has 2 bridgehead atoms. The number of hydrogen-bond donors (Lipinski definition) is 0. The summed E-state index contributed by atoms with van der Waals surface area (Å²) < 4.78 is 6.28. The first-order chi connectivity index (χ1) is 16.1. The number of nitrogens with zero attached hydrogens (tertiary/aromatic N) is 2. The maximum atomic E-state index is 13.4. The van der Waals surface area contributed by atoms with Crippen molar-refractivity contribution in [1.29, 1.82) is 0 Å². The molecule has 0 radical (unpaired) electrons. The van der Waals surface area contributed by atoms with Gasteiger partial charge in [0.2, 0.25) is 0 Å². The fourth-order valence-corrected chi connectivity index (χ4v) is 5.90. The zero-order valence-electron chi connectivity index (χ0n) is 18.6. The predicted octanol–water partition coefficient (Wildman–Crippen LogP) is 6.55. The van der Waals surface area contributed by atoms with Crippen LogP contribution in [0.1, 0.15) is 47.2 Å². The van der Waals surface area contributed by atoms with Crippen LogP contribution >= 0.6 is 23.4 Å². The molecule has 0 saturated carbocycles. The van der Waals surface area contributed by atoms with Gasteiger partial charge in [-0.25, -0.2) is 4.98 Å². The highest BCUT2D eigenvalue weighted by atomic mass is 35.5. The van der Waals surface area contributed by atoms with Gasteiger partial charge in [0.15, 0.2) is 0 Å². The molecular weight excluding hydrogens is 452 g/mol. The van der Waals surface area contributed by atoms with Gasteiger partial charge < -0.3 is 9.64 Å². The van der Waals surface area contributed by atoms with Crippen LogP contribution in [0.15, 0.2) is 71.9 Å². The van der Waals surface area contributed by atoms with Crippen LogP contribution in [-0.4, -0.2) is 34.0 Å². The van der Waals surface area contributed by atoms with Crippen molar-refractivity contribution in [3.8, 4) is 5.75 Å². The number of carbonyl (C=O) groups excluding carboxylic acids is 1. The Kier molecular flexibility index (Phi) is 6.61. The number of fused-ring (bicyclic) bond motifs is 2. The van der Waals surface area contributed by atoms with Crippen molar-refractivity contribution in [2.45, 2.75) is 61.6 Å². The topological polar surface area (TPSA) is 42.4 Å². The molecule has 170 valence electrons. The van der Waals surface area contributed by atoms with Gasteiger partial charge in [-0.05, 0) is 67.3 Å². The van der Waals surface area contributed by atoms with E-state index in [2.05, 4.69) is 22.0 Å². The zero-order chi connectivity index (χ0) is 22.8. The first-order valence-electron chi connectivity index (χ1n) is 11.4. The van der Waals surface area contributed by atoms with E-state index in [-0.39, 0.29) is 24.1 Å². The molecule has 3 aromatic rings. The molecule has 6 heteroatoms. The quantitative estimate of drug-likeness (QED) is 0.377. The van der Waals surface area contributed by atoms with E-state index in [1.165, 1.54) is 5.56 Å². The SMILES string of the molecule is Cc1ccc(Cl)c(OC2C[C@H]3CC[C@@H](C2)N3C(=O)c2ccc(CSc3ccccn3)cc2)c1. The van der Waals surface area contributed by atoms with E-state index < -0.39 is 0 Å². The van der Waals surface area contributed by atoms with E-state index in [0.29, 0.717) is 5.02 Å². The van der Waals surface area contributed by atoms with Crippen LogP contribution in [-0.2, 0) is 5.75 Å². The van der Waals surface area contributed by atoms with Crippen LogP contribution in [0.3, 0.4) is 0 Å². The predicted molar refractivity (Wildman–Crippen MR) is 133 cm³/mol. The van der Waals surface area contributed by atoms with Gasteiger partial charge >= 0.3 is 0 Å². The highest BCUT2D eigenvalue weighted by molar-refractivity contribution is 7.98. The molecule has 1 unspecified atom stereocenters. The van der Waals surface area contributed by atoms with E-state index in [1.807, 2.05) is 61.7 Å². The molecule has 33 heavy (non-hydrogen) atoms. The minimum atomic E-state index is 0.0943. The summed E-state index contributed by atoms with van der Waals surface area (Å²) in [5, 5.41) is 1.65. The number of thioether (sulfide) groups is 1. The monoisotopic (exact) mass is 478 g/mol. The lowest BCUT2D eigenvalue weighted by atomic mass is 9.98. The second-order valence-corrected chi connectivity index (χ2v) is 10.3. The van der Waals surface area contributed by atoms with Crippen LogP contribution in [0.2, 0.25) is 5.02 Å². The Balaban J connectivity index is 1.21. The van der Waals surface area contributed by atoms with Gasteiger partial charge in [0, 0.05) is 42.4 Å². The van der Waals surface area contributed by atoms with E-state index in [9.17, 15) is 4.79 Å². The summed E-state index contributed by atoms with van der Waals surface area (Å²) in [7, 11) is 0. The fourth-order valence-electron chi connectivity index (χ4n) is 4.92. The Hall–Kier alpha value is -2.50. The van der Waals surface area contributed by atoms with E-state index in [4.69, 9.17) is 16.3 Å². The van der Waals surface area contributed by atoms with Gasteiger partial charge in [0.25, 0.3) is 5.91 Å². The van der Waals surface area contributed by atoms with E-state index >= 15 is 0 Å². The number of carbonyl (C=O) groups is 1. The fraction of sp³-hybridized carbons (Fsp3) is 0.333. The van der Waals surface area contributed by atoms with Gasteiger partial charge in [-0.15, -0.1) is 11.8 Å². The number of aromatic nitrogens is 1. The number of aryl methyl sites for hydroxylation is 1. The Morgan fingerprint density at radius 3 is 2.55 bits per heavy atom. The van der Waals surface area contributed by atoms with Gasteiger partial charge in [-0.1, -0.05) is 35.9 Å². The normalized spacial score (nSPS) is 21.8. The van der Waals surface area contributed by atoms with Crippen molar-refractivity contribution >= 4 is 29.3 Å². The second-order valence-electron chi connectivity index (χ2n) is 8.90. The molecule has 3 atom stereocenters. The molecule has 2 aliphatic rings. The molecule has 1 aromatic heterocycles. The standard InChI is InChI=1S/C27H27ClN2O2S/c1-18-5-12-24(28)25(14-18)32-23-15-21-10-11-22(16-23)30(21)27(31)20-8-6-19(7-9-20)17-33-26-4-2-3-13-29-26/h2-9,12-14,21-23H,10-11,15-17H2,1H3/t21-,22+,23?. The van der Waals surface area contributed by atoms with Crippen LogP contribution in [0.5, 0.6) is 5.75 Å². The van der Waals surface area contributed by atoms with Crippen molar-refractivity contribution in [3.05, 3.63) is 88.6 Å². The summed E-state index contributed by atoms with van der Waals surface area (Å²) in [5.41, 5.74) is 3.08. The maximum absolute atomic E-state index is 13.4. The second kappa shape index (κ2) is 9.78. The van der Waals surface area contributed by atoms with Crippen LogP contribution < -0.4 is 4.74 Å². The number of benzene rings is 2. The molecule has 0 spiro atoms. The zero-order valence-corrected chi connectivity index (χ0v) is 20.2. The molecule has 2 aliphatic heterocycles. The third kappa shape index (κ3) is 5.04. The summed E-state index contributed by atoms with van der Waals surface area (Å²) in [6.45, 7) is 2.04. The first-order valence-corrected chi connectivity index (χ1v) is 12.8. The maximum Gasteiger partial charge on any atom is 0.254 e. The first kappa shape index (κ1) is 22.3. The van der Waals surface area contributed by atoms with Crippen LogP contribution in [0.25, 0.3) is 0 Å². The lowest BCUT2D eigenvalue weighted by Gasteiger charge is -2.39. The summed E-state index contributed by atoms with van der Waals surface area (Å²) in [4.78, 5) is 19.8. The highest BCUT2D eigenvalue weighted by Gasteiger charge is 2.44. The largest absolute Gasteiger partial charge is 0.489 e. The van der Waals surface area contributed by atoms with Crippen molar-refractivity contribution in [2.75, 3.05) is 0 Å².